The lowest BCUT2D eigenvalue weighted by Crippen LogP contribution is -2.33. The minimum absolute atomic E-state index is 0.0575. The van der Waals surface area contributed by atoms with E-state index in [1.165, 1.54) is 12.1 Å². The summed E-state index contributed by atoms with van der Waals surface area (Å²) in [6.45, 7) is 1.63. The Morgan fingerprint density at radius 1 is 1.53 bits per heavy atom. The molecule has 0 saturated heterocycles. The summed E-state index contributed by atoms with van der Waals surface area (Å²) < 4.78 is 4.70. The molecule has 7 heteroatoms. The summed E-state index contributed by atoms with van der Waals surface area (Å²) in [7, 11) is 0. The van der Waals surface area contributed by atoms with E-state index in [1.807, 2.05) is 0 Å². The Morgan fingerprint density at radius 3 is 2.63 bits per heavy atom. The summed E-state index contributed by atoms with van der Waals surface area (Å²) in [5.74, 6) is -0.926. The van der Waals surface area contributed by atoms with E-state index in [1.54, 1.807) is 31.2 Å². The van der Waals surface area contributed by atoms with Crippen LogP contribution in [-0.4, -0.2) is 17.6 Å². The number of hydrogen-bond donors (Lipinski definition) is 0. The molecule has 0 spiro atoms. The lowest BCUT2D eigenvalue weighted by molar-refractivity contribution is -0.487. The number of para-hydroxylation sites is 1. The molecule has 0 aliphatic heterocycles. The van der Waals surface area contributed by atoms with Crippen molar-refractivity contribution in [2.75, 3.05) is 11.6 Å². The standard InChI is InChI=1S/C12H11N3O4/c1-2-19-12(16)11(8-9-13)14(15(17)18)10-6-4-3-5-7-10/h3-8H,2H2,1H3. The lowest BCUT2D eigenvalue weighted by Gasteiger charge is -2.15. The Labute approximate surface area is 109 Å². The fraction of sp³-hybridized carbons (Fsp3) is 0.167. The number of nitrogens with zero attached hydrogens (tertiary/aromatic N) is 3. The normalized spacial score (nSPS) is 10.4. The predicted molar refractivity (Wildman–Crippen MR) is 66.2 cm³/mol. The van der Waals surface area contributed by atoms with E-state index >= 15 is 0 Å². The Balaban J connectivity index is 3.23. The smallest absolute Gasteiger partial charge is 0.362 e. The molecular weight excluding hydrogens is 250 g/mol. The lowest BCUT2D eigenvalue weighted by atomic mass is 10.3. The predicted octanol–water partition coefficient (Wildman–Crippen LogP) is 1.66. The number of rotatable bonds is 5. The van der Waals surface area contributed by atoms with Crippen LogP contribution in [0.3, 0.4) is 0 Å². The monoisotopic (exact) mass is 261 g/mol. The van der Waals surface area contributed by atoms with E-state index < -0.39 is 16.7 Å². The molecule has 0 N–H and O–H groups in total. The maximum atomic E-state index is 11.7. The van der Waals surface area contributed by atoms with Crippen LogP contribution in [0.1, 0.15) is 6.92 Å². The fourth-order valence-electron chi connectivity index (χ4n) is 1.36. The summed E-state index contributed by atoms with van der Waals surface area (Å²) in [6.07, 6.45) is 0.786. The zero-order valence-electron chi connectivity index (χ0n) is 10.1. The van der Waals surface area contributed by atoms with E-state index in [-0.39, 0.29) is 12.3 Å². The Kier molecular flexibility index (Phi) is 5.04. The minimum atomic E-state index is -0.926. The quantitative estimate of drug-likeness (QED) is 0.263. The summed E-state index contributed by atoms with van der Waals surface area (Å²) in [6, 6.07) is 9.36. The number of benzene rings is 1. The molecule has 0 fully saturated rings. The molecule has 0 bridgehead atoms. The highest BCUT2D eigenvalue weighted by Gasteiger charge is 2.29. The highest BCUT2D eigenvalue weighted by Crippen LogP contribution is 2.19. The van der Waals surface area contributed by atoms with E-state index in [0.29, 0.717) is 5.01 Å². The molecule has 19 heavy (non-hydrogen) atoms. The van der Waals surface area contributed by atoms with E-state index in [0.717, 1.165) is 6.08 Å². The number of carbonyl (C=O) groups is 1. The summed E-state index contributed by atoms with van der Waals surface area (Å²) in [5.41, 5.74) is -0.289. The van der Waals surface area contributed by atoms with Gasteiger partial charge in [0.1, 0.15) is 5.69 Å². The molecule has 0 heterocycles. The molecular formula is C12H11N3O4. The van der Waals surface area contributed by atoms with Crippen molar-refractivity contribution in [1.29, 1.82) is 5.26 Å². The first-order valence-electron chi connectivity index (χ1n) is 5.38. The highest BCUT2D eigenvalue weighted by molar-refractivity contribution is 5.92. The molecule has 0 radical (unpaired) electrons. The van der Waals surface area contributed by atoms with Crippen molar-refractivity contribution in [3.8, 4) is 6.07 Å². The van der Waals surface area contributed by atoms with Gasteiger partial charge in [0, 0.05) is 0 Å². The second kappa shape index (κ2) is 6.76. The van der Waals surface area contributed by atoms with Gasteiger partial charge in [-0.2, -0.15) is 5.26 Å². The highest BCUT2D eigenvalue weighted by atomic mass is 16.7. The molecule has 0 atom stereocenters. The van der Waals surface area contributed by atoms with Gasteiger partial charge >= 0.3 is 5.97 Å². The number of hydrazine groups is 1. The number of carbonyl (C=O) groups excluding carboxylic acids is 1. The van der Waals surface area contributed by atoms with Crippen molar-refractivity contribution in [2.45, 2.75) is 6.92 Å². The van der Waals surface area contributed by atoms with Crippen LogP contribution in [0.15, 0.2) is 42.1 Å². The van der Waals surface area contributed by atoms with Crippen molar-refractivity contribution < 1.29 is 14.6 Å². The molecule has 0 aliphatic rings. The molecule has 1 aromatic carbocycles. The number of ether oxygens (including phenoxy) is 1. The van der Waals surface area contributed by atoms with Crippen LogP contribution >= 0.6 is 0 Å². The summed E-state index contributed by atoms with van der Waals surface area (Å²) in [5, 5.41) is 19.5. The summed E-state index contributed by atoms with van der Waals surface area (Å²) in [4.78, 5) is 22.8. The van der Waals surface area contributed by atoms with Crippen LogP contribution in [0.2, 0.25) is 0 Å². The first kappa shape index (κ1) is 14.2. The Hall–Kier alpha value is -2.88. The van der Waals surface area contributed by atoms with Gasteiger partial charge in [0.05, 0.1) is 18.8 Å². The van der Waals surface area contributed by atoms with Gasteiger partial charge in [-0.3, -0.25) is 0 Å². The maximum Gasteiger partial charge on any atom is 0.362 e. The molecule has 0 saturated carbocycles. The van der Waals surface area contributed by atoms with Crippen molar-refractivity contribution in [2.24, 2.45) is 0 Å². The first-order valence-corrected chi connectivity index (χ1v) is 5.38. The van der Waals surface area contributed by atoms with E-state index in [9.17, 15) is 14.9 Å². The second-order valence-electron chi connectivity index (χ2n) is 3.26. The Bertz CT molecular complexity index is 534. The van der Waals surface area contributed by atoms with Crippen LogP contribution in [0.4, 0.5) is 5.69 Å². The molecule has 1 aromatic rings. The zero-order chi connectivity index (χ0) is 14.3. The molecule has 1 rings (SSSR count). The van der Waals surface area contributed by atoms with Crippen LogP contribution in [-0.2, 0) is 9.53 Å². The number of nitro groups is 1. The first-order chi connectivity index (χ1) is 9.11. The largest absolute Gasteiger partial charge is 0.461 e. The van der Waals surface area contributed by atoms with Gasteiger partial charge in [-0.1, -0.05) is 23.2 Å². The minimum Gasteiger partial charge on any atom is -0.461 e. The molecule has 0 unspecified atom stereocenters. The maximum absolute atomic E-state index is 11.7. The van der Waals surface area contributed by atoms with Crippen LogP contribution in [0.25, 0.3) is 0 Å². The van der Waals surface area contributed by atoms with Crippen LogP contribution in [0, 0.1) is 21.4 Å². The summed E-state index contributed by atoms with van der Waals surface area (Å²) >= 11 is 0. The van der Waals surface area contributed by atoms with Crippen molar-refractivity contribution in [3.63, 3.8) is 0 Å². The number of allylic oxidation sites excluding steroid dienone is 1. The number of nitriles is 1. The van der Waals surface area contributed by atoms with E-state index in [4.69, 9.17) is 10.00 Å². The second-order valence-corrected chi connectivity index (χ2v) is 3.26. The fourth-order valence-corrected chi connectivity index (χ4v) is 1.36. The van der Waals surface area contributed by atoms with Gasteiger partial charge < -0.3 is 4.74 Å². The number of hydrogen-bond acceptors (Lipinski definition) is 5. The number of esters is 1. The number of anilines is 1. The molecule has 0 aliphatic carbocycles. The van der Waals surface area contributed by atoms with Gasteiger partial charge in [0.15, 0.2) is 5.03 Å². The van der Waals surface area contributed by atoms with Crippen LogP contribution in [0.5, 0.6) is 0 Å². The van der Waals surface area contributed by atoms with Crippen molar-refractivity contribution in [3.05, 3.63) is 52.2 Å². The van der Waals surface area contributed by atoms with Crippen molar-refractivity contribution >= 4 is 11.7 Å². The molecule has 7 nitrogen and oxygen atoms in total. The topological polar surface area (TPSA) is 96.5 Å². The van der Waals surface area contributed by atoms with Gasteiger partial charge in [0.2, 0.25) is 5.70 Å². The van der Waals surface area contributed by atoms with Crippen molar-refractivity contribution in [1.82, 2.24) is 0 Å². The van der Waals surface area contributed by atoms with Gasteiger partial charge in [0.25, 0.3) is 0 Å². The van der Waals surface area contributed by atoms with Crippen LogP contribution < -0.4 is 5.01 Å². The third-order valence-electron chi connectivity index (χ3n) is 2.08. The average molecular weight is 261 g/mol. The third-order valence-corrected chi connectivity index (χ3v) is 2.08. The molecule has 98 valence electrons. The van der Waals surface area contributed by atoms with Gasteiger partial charge in [-0.05, 0) is 19.1 Å². The van der Waals surface area contributed by atoms with E-state index in [2.05, 4.69) is 0 Å². The SMILES string of the molecule is CCOC(=O)C(=CC#N)N(c1ccccc1)[N+](=O)[O-]. The molecule has 0 aromatic heterocycles. The Morgan fingerprint density at radius 2 is 2.16 bits per heavy atom. The van der Waals surface area contributed by atoms with Gasteiger partial charge in [-0.15, -0.1) is 0 Å². The zero-order valence-corrected chi connectivity index (χ0v) is 10.1. The van der Waals surface area contributed by atoms with Gasteiger partial charge in [-0.25, -0.2) is 14.9 Å². The average Bonchev–Trinajstić information content (AvgIpc) is 2.39. The molecule has 0 amide bonds. The third kappa shape index (κ3) is 3.54.